The van der Waals surface area contributed by atoms with Crippen LogP contribution in [0.15, 0.2) is 79.3 Å². The van der Waals surface area contributed by atoms with Gasteiger partial charge in [0.05, 0.1) is 11.1 Å². The average Bonchev–Trinajstić information content (AvgIpc) is 3.46. The van der Waals surface area contributed by atoms with Gasteiger partial charge in [0.2, 0.25) is 0 Å². The Balaban J connectivity index is 1.25. The van der Waals surface area contributed by atoms with Crippen molar-refractivity contribution in [3.05, 3.63) is 95.9 Å². The Bertz CT molecular complexity index is 1360. The number of nitrogens with one attached hydrogen (secondary N) is 1. The summed E-state index contributed by atoms with van der Waals surface area (Å²) in [5.41, 5.74) is 1.91. The Kier molecular flexibility index (Phi) is 7.04. The van der Waals surface area contributed by atoms with Crippen molar-refractivity contribution in [1.82, 2.24) is 14.9 Å². The summed E-state index contributed by atoms with van der Waals surface area (Å²) in [6, 6.07) is 17.7. The summed E-state index contributed by atoms with van der Waals surface area (Å²) in [7, 11) is 0. The molecule has 0 aliphatic heterocycles. The summed E-state index contributed by atoms with van der Waals surface area (Å²) >= 11 is 0. The molecule has 1 aliphatic rings. The maximum atomic E-state index is 13.5. The van der Waals surface area contributed by atoms with Crippen LogP contribution < -0.4 is 5.32 Å². The third kappa shape index (κ3) is 5.26. The summed E-state index contributed by atoms with van der Waals surface area (Å²) in [6.07, 6.45) is 5.39. The first-order valence-electron chi connectivity index (χ1n) is 12.8. The molecular weight excluding hydrogens is 475 g/mol. The van der Waals surface area contributed by atoms with Crippen molar-refractivity contribution in [3.63, 3.8) is 0 Å². The Morgan fingerprint density at radius 3 is 2.35 bits per heavy atom. The number of rotatable bonds is 6. The Labute approximate surface area is 214 Å². The van der Waals surface area contributed by atoms with Gasteiger partial charge in [0.25, 0.3) is 5.91 Å². The van der Waals surface area contributed by atoms with Gasteiger partial charge in [-0.2, -0.15) is 13.2 Å². The van der Waals surface area contributed by atoms with Crippen LogP contribution in [-0.2, 0) is 6.18 Å². The number of carbonyl (C=O) groups excluding carboxylic acids is 1. The lowest BCUT2D eigenvalue weighted by Crippen LogP contribution is -2.41. The van der Waals surface area contributed by atoms with E-state index >= 15 is 0 Å². The van der Waals surface area contributed by atoms with Crippen LogP contribution in [-0.4, -0.2) is 21.5 Å². The fraction of sp³-hybridized carbons (Fsp3) is 0.333. The van der Waals surface area contributed by atoms with Crippen LogP contribution in [0, 0.1) is 5.92 Å². The van der Waals surface area contributed by atoms with Gasteiger partial charge in [-0.25, -0.2) is 0 Å². The summed E-state index contributed by atoms with van der Waals surface area (Å²) in [4.78, 5) is 17.1. The zero-order valence-corrected chi connectivity index (χ0v) is 20.7. The van der Waals surface area contributed by atoms with Crippen molar-refractivity contribution < 1.29 is 18.0 Å². The van der Waals surface area contributed by atoms with E-state index < -0.39 is 11.7 Å². The van der Waals surface area contributed by atoms with Crippen LogP contribution in [0.1, 0.15) is 66.4 Å². The largest absolute Gasteiger partial charge is 0.418 e. The smallest absolute Gasteiger partial charge is 0.349 e. The van der Waals surface area contributed by atoms with Crippen LogP contribution in [0.3, 0.4) is 0 Å². The molecule has 1 atom stereocenters. The maximum absolute atomic E-state index is 13.5. The highest BCUT2D eigenvalue weighted by Crippen LogP contribution is 2.41. The van der Waals surface area contributed by atoms with Crippen molar-refractivity contribution in [2.24, 2.45) is 5.92 Å². The lowest BCUT2D eigenvalue weighted by molar-refractivity contribution is -0.136. The highest BCUT2D eigenvalue weighted by Gasteiger charge is 2.34. The van der Waals surface area contributed by atoms with Crippen molar-refractivity contribution in [3.8, 4) is 5.69 Å². The molecule has 1 amide bonds. The number of amides is 1. The molecule has 1 saturated carbocycles. The summed E-state index contributed by atoms with van der Waals surface area (Å²) in [5.74, 6) is 0.440. The standard InChI is InChI=1S/C30H30F3N3O/c1-2-27(35-29(37)22-12-14-23(15-13-22)36-18-3-4-19-36)21-10-8-20(9-11-21)24-16-17-34-28-25(24)6-5-7-26(28)30(31,32)33/h3-7,12-21,27H,2,8-11H2,1H3,(H,35,37). The molecule has 7 heteroatoms. The van der Waals surface area contributed by atoms with Gasteiger partial charge in [-0.15, -0.1) is 0 Å². The van der Waals surface area contributed by atoms with E-state index in [1.54, 1.807) is 6.07 Å². The molecule has 0 saturated heterocycles. The molecule has 4 nitrogen and oxygen atoms in total. The topological polar surface area (TPSA) is 46.9 Å². The normalized spacial score (nSPS) is 19.0. The first-order valence-corrected chi connectivity index (χ1v) is 12.8. The molecule has 192 valence electrons. The molecule has 0 bridgehead atoms. The van der Waals surface area contributed by atoms with Crippen molar-refractivity contribution in [2.75, 3.05) is 0 Å². The molecule has 2 heterocycles. The molecule has 2 aromatic heterocycles. The predicted molar refractivity (Wildman–Crippen MR) is 139 cm³/mol. The third-order valence-electron chi connectivity index (χ3n) is 7.68. The molecule has 5 rings (SSSR count). The molecule has 1 N–H and O–H groups in total. The van der Waals surface area contributed by atoms with E-state index in [0.29, 0.717) is 16.9 Å². The molecular formula is C30H30F3N3O. The fourth-order valence-corrected chi connectivity index (χ4v) is 5.71. The van der Waals surface area contributed by atoms with Gasteiger partial charge in [0.1, 0.15) is 0 Å². The number of hydrogen-bond donors (Lipinski definition) is 1. The van der Waals surface area contributed by atoms with Crippen LogP contribution in [0.2, 0.25) is 0 Å². The summed E-state index contributed by atoms with van der Waals surface area (Å²) in [5, 5.41) is 3.82. The van der Waals surface area contributed by atoms with Gasteiger partial charge >= 0.3 is 6.18 Å². The van der Waals surface area contributed by atoms with Crippen LogP contribution >= 0.6 is 0 Å². The van der Waals surface area contributed by atoms with E-state index in [2.05, 4.69) is 17.2 Å². The quantitative estimate of drug-likeness (QED) is 0.294. The number of fused-ring (bicyclic) bond motifs is 1. The number of carbonyl (C=O) groups is 1. The zero-order valence-electron chi connectivity index (χ0n) is 20.7. The summed E-state index contributed by atoms with van der Waals surface area (Å²) < 4.78 is 42.5. The van der Waals surface area contributed by atoms with E-state index in [0.717, 1.165) is 49.4 Å². The van der Waals surface area contributed by atoms with Crippen molar-refractivity contribution >= 4 is 16.8 Å². The van der Waals surface area contributed by atoms with Crippen LogP contribution in [0.25, 0.3) is 16.6 Å². The fourth-order valence-electron chi connectivity index (χ4n) is 5.71. The van der Waals surface area contributed by atoms with E-state index in [4.69, 9.17) is 0 Å². The third-order valence-corrected chi connectivity index (χ3v) is 7.68. The monoisotopic (exact) mass is 505 g/mol. The Morgan fingerprint density at radius 1 is 1.00 bits per heavy atom. The number of aromatic nitrogens is 2. The second kappa shape index (κ2) is 10.4. The van der Waals surface area contributed by atoms with Gasteiger partial charge in [-0.1, -0.05) is 19.1 Å². The maximum Gasteiger partial charge on any atom is 0.418 e. The van der Waals surface area contributed by atoms with E-state index in [1.807, 2.05) is 59.4 Å². The Morgan fingerprint density at radius 2 is 1.70 bits per heavy atom. The van der Waals surface area contributed by atoms with Crippen LogP contribution in [0.5, 0.6) is 0 Å². The van der Waals surface area contributed by atoms with E-state index in [-0.39, 0.29) is 23.4 Å². The lowest BCUT2D eigenvalue weighted by atomic mass is 9.75. The van der Waals surface area contributed by atoms with Gasteiger partial charge in [-0.3, -0.25) is 9.78 Å². The summed E-state index contributed by atoms with van der Waals surface area (Å²) in [6.45, 7) is 2.08. The number of para-hydroxylation sites is 1. The minimum Gasteiger partial charge on any atom is -0.349 e. The molecule has 2 aromatic carbocycles. The molecule has 1 fully saturated rings. The highest BCUT2D eigenvalue weighted by atomic mass is 19.4. The number of benzene rings is 2. The molecule has 4 aromatic rings. The number of pyridine rings is 1. The second-order valence-corrected chi connectivity index (χ2v) is 9.84. The molecule has 0 radical (unpaired) electrons. The number of alkyl halides is 3. The van der Waals surface area contributed by atoms with Crippen LogP contribution in [0.4, 0.5) is 13.2 Å². The van der Waals surface area contributed by atoms with E-state index in [9.17, 15) is 18.0 Å². The zero-order chi connectivity index (χ0) is 26.0. The van der Waals surface area contributed by atoms with Crippen molar-refractivity contribution in [2.45, 2.75) is 57.2 Å². The second-order valence-electron chi connectivity index (χ2n) is 9.84. The highest BCUT2D eigenvalue weighted by molar-refractivity contribution is 5.94. The van der Waals surface area contributed by atoms with Crippen molar-refractivity contribution in [1.29, 1.82) is 0 Å². The minimum absolute atomic E-state index is 0.0242. The van der Waals surface area contributed by atoms with Gasteiger partial charge in [0, 0.05) is 41.3 Å². The SMILES string of the molecule is CCC(NC(=O)c1ccc(-n2cccc2)cc1)C1CCC(c2ccnc3c(C(F)(F)F)cccc23)CC1. The first kappa shape index (κ1) is 25.1. The molecule has 37 heavy (non-hydrogen) atoms. The van der Waals surface area contributed by atoms with E-state index in [1.165, 1.54) is 12.3 Å². The van der Waals surface area contributed by atoms with Gasteiger partial charge < -0.3 is 9.88 Å². The lowest BCUT2D eigenvalue weighted by Gasteiger charge is -2.34. The molecule has 1 aliphatic carbocycles. The van der Waals surface area contributed by atoms with Gasteiger partial charge in [-0.05, 0) is 98.0 Å². The number of hydrogen-bond acceptors (Lipinski definition) is 2. The van der Waals surface area contributed by atoms with Gasteiger partial charge in [0.15, 0.2) is 0 Å². The predicted octanol–water partition coefficient (Wildman–Crippen LogP) is 7.53. The first-order chi connectivity index (χ1) is 17.8. The number of halogens is 3. The number of nitrogens with zero attached hydrogens (tertiary/aromatic N) is 2. The minimum atomic E-state index is -4.43. The molecule has 0 spiro atoms. The average molecular weight is 506 g/mol. The Hall–Kier alpha value is -3.61. The molecule has 1 unspecified atom stereocenters.